The Labute approximate surface area is 133 Å². The fourth-order valence-corrected chi connectivity index (χ4v) is 3.26. The third-order valence-electron chi connectivity index (χ3n) is 3.64. The van der Waals surface area contributed by atoms with E-state index in [1.807, 2.05) is 29.5 Å². The Balaban J connectivity index is 1.89. The lowest BCUT2D eigenvalue weighted by Crippen LogP contribution is -2.32. The molecule has 3 nitrogen and oxygen atoms in total. The smallest absolute Gasteiger partial charge is 0.256 e. The summed E-state index contributed by atoms with van der Waals surface area (Å²) in [7, 11) is 1.82. The zero-order valence-electron chi connectivity index (χ0n) is 11.8. The van der Waals surface area contributed by atoms with Crippen molar-refractivity contribution < 1.29 is 4.79 Å². The van der Waals surface area contributed by atoms with Crippen molar-refractivity contribution in [3.8, 4) is 0 Å². The van der Waals surface area contributed by atoms with Crippen molar-refractivity contribution in [2.75, 3.05) is 12.4 Å². The average Bonchev–Trinajstić information content (AvgIpc) is 3.20. The van der Waals surface area contributed by atoms with Gasteiger partial charge in [-0.1, -0.05) is 17.7 Å². The average molecular weight is 321 g/mol. The highest BCUT2D eigenvalue weighted by atomic mass is 35.5. The minimum atomic E-state index is 0.0535. The number of carbonyl (C=O) groups is 1. The minimum Gasteiger partial charge on any atom is -0.387 e. The SMILES string of the molecule is CNc1ccc(Cl)cc1C(=O)N(Cc1cccs1)C1CC1. The van der Waals surface area contributed by atoms with Crippen LogP contribution in [0.2, 0.25) is 5.02 Å². The fraction of sp³-hybridized carbons (Fsp3) is 0.312. The maximum absolute atomic E-state index is 12.9. The van der Waals surface area contributed by atoms with Crippen LogP contribution in [0.3, 0.4) is 0 Å². The number of hydrogen-bond donors (Lipinski definition) is 1. The van der Waals surface area contributed by atoms with Crippen LogP contribution in [-0.2, 0) is 6.54 Å². The first-order chi connectivity index (χ1) is 10.2. The van der Waals surface area contributed by atoms with E-state index in [9.17, 15) is 4.79 Å². The van der Waals surface area contributed by atoms with E-state index in [2.05, 4.69) is 11.4 Å². The number of amides is 1. The van der Waals surface area contributed by atoms with Gasteiger partial charge in [0.15, 0.2) is 0 Å². The molecule has 110 valence electrons. The number of nitrogens with one attached hydrogen (secondary N) is 1. The van der Waals surface area contributed by atoms with E-state index in [1.165, 1.54) is 4.88 Å². The molecule has 1 fully saturated rings. The van der Waals surface area contributed by atoms with Crippen molar-refractivity contribution in [2.24, 2.45) is 0 Å². The van der Waals surface area contributed by atoms with E-state index in [1.54, 1.807) is 23.5 Å². The first kappa shape index (κ1) is 14.4. The number of thiophene rings is 1. The second kappa shape index (κ2) is 6.08. The Morgan fingerprint density at radius 2 is 2.24 bits per heavy atom. The van der Waals surface area contributed by atoms with E-state index < -0.39 is 0 Å². The zero-order valence-corrected chi connectivity index (χ0v) is 13.4. The fourth-order valence-electron chi connectivity index (χ4n) is 2.39. The molecule has 0 spiro atoms. The summed E-state index contributed by atoms with van der Waals surface area (Å²) in [6, 6.07) is 9.86. The van der Waals surface area contributed by atoms with Gasteiger partial charge in [0, 0.05) is 28.7 Å². The van der Waals surface area contributed by atoms with Gasteiger partial charge in [0.2, 0.25) is 0 Å². The molecule has 1 amide bonds. The quantitative estimate of drug-likeness (QED) is 0.893. The Bertz CT molecular complexity index is 638. The van der Waals surface area contributed by atoms with Crippen molar-refractivity contribution >= 4 is 34.5 Å². The van der Waals surface area contributed by atoms with Crippen molar-refractivity contribution in [2.45, 2.75) is 25.4 Å². The summed E-state index contributed by atoms with van der Waals surface area (Å²) in [4.78, 5) is 16.1. The first-order valence-electron chi connectivity index (χ1n) is 6.99. The van der Waals surface area contributed by atoms with Gasteiger partial charge in [0.1, 0.15) is 0 Å². The van der Waals surface area contributed by atoms with Crippen LogP contribution >= 0.6 is 22.9 Å². The Kier molecular flexibility index (Phi) is 4.17. The molecule has 1 aromatic carbocycles. The molecule has 0 saturated heterocycles. The van der Waals surface area contributed by atoms with Gasteiger partial charge in [-0.05, 0) is 42.5 Å². The third kappa shape index (κ3) is 3.22. The number of anilines is 1. The van der Waals surface area contributed by atoms with Gasteiger partial charge in [0.05, 0.1) is 12.1 Å². The molecule has 0 radical (unpaired) electrons. The molecule has 1 aliphatic rings. The maximum atomic E-state index is 12.9. The highest BCUT2D eigenvalue weighted by molar-refractivity contribution is 7.09. The molecule has 0 unspecified atom stereocenters. The Morgan fingerprint density at radius 3 is 2.86 bits per heavy atom. The normalized spacial score (nSPS) is 14.0. The van der Waals surface area contributed by atoms with Crippen LogP contribution < -0.4 is 5.32 Å². The van der Waals surface area contributed by atoms with E-state index in [-0.39, 0.29) is 5.91 Å². The maximum Gasteiger partial charge on any atom is 0.256 e. The summed E-state index contributed by atoms with van der Waals surface area (Å²) in [6.45, 7) is 0.677. The molecule has 0 bridgehead atoms. The van der Waals surface area contributed by atoms with Gasteiger partial charge < -0.3 is 10.2 Å². The minimum absolute atomic E-state index is 0.0535. The van der Waals surface area contributed by atoms with Gasteiger partial charge in [-0.2, -0.15) is 0 Å². The zero-order chi connectivity index (χ0) is 14.8. The molecule has 1 heterocycles. The van der Waals surface area contributed by atoms with Gasteiger partial charge in [-0.25, -0.2) is 0 Å². The monoisotopic (exact) mass is 320 g/mol. The van der Waals surface area contributed by atoms with Gasteiger partial charge in [0.25, 0.3) is 5.91 Å². The molecule has 5 heteroatoms. The Morgan fingerprint density at radius 1 is 1.43 bits per heavy atom. The van der Waals surface area contributed by atoms with Crippen LogP contribution in [0, 0.1) is 0 Å². The largest absolute Gasteiger partial charge is 0.387 e. The molecule has 2 aromatic rings. The second-order valence-corrected chi connectivity index (χ2v) is 6.65. The van der Waals surface area contributed by atoms with Gasteiger partial charge in [-0.15, -0.1) is 11.3 Å². The predicted octanol–water partition coefficient (Wildman–Crippen LogP) is 4.25. The van der Waals surface area contributed by atoms with Crippen LogP contribution in [-0.4, -0.2) is 23.9 Å². The number of halogens is 1. The van der Waals surface area contributed by atoms with Crippen LogP contribution in [0.15, 0.2) is 35.7 Å². The molecular formula is C16H17ClN2OS. The number of benzene rings is 1. The van der Waals surface area contributed by atoms with E-state index in [0.29, 0.717) is 23.2 Å². The number of nitrogens with zero attached hydrogens (tertiary/aromatic N) is 1. The summed E-state index contributed by atoms with van der Waals surface area (Å²) >= 11 is 7.75. The number of hydrogen-bond acceptors (Lipinski definition) is 3. The molecule has 0 atom stereocenters. The van der Waals surface area contributed by atoms with Crippen molar-refractivity contribution in [3.05, 3.63) is 51.2 Å². The van der Waals surface area contributed by atoms with Gasteiger partial charge in [-0.3, -0.25) is 4.79 Å². The lowest BCUT2D eigenvalue weighted by molar-refractivity contribution is 0.0732. The van der Waals surface area contributed by atoms with Crippen LogP contribution in [0.25, 0.3) is 0 Å². The van der Waals surface area contributed by atoms with Gasteiger partial charge >= 0.3 is 0 Å². The molecule has 3 rings (SSSR count). The van der Waals surface area contributed by atoms with E-state index in [4.69, 9.17) is 11.6 Å². The molecule has 1 aliphatic carbocycles. The topological polar surface area (TPSA) is 32.3 Å². The number of rotatable bonds is 5. The van der Waals surface area contributed by atoms with E-state index in [0.717, 1.165) is 18.5 Å². The molecular weight excluding hydrogens is 304 g/mol. The van der Waals surface area contributed by atoms with E-state index >= 15 is 0 Å². The van der Waals surface area contributed by atoms with Crippen LogP contribution in [0.1, 0.15) is 28.1 Å². The predicted molar refractivity (Wildman–Crippen MR) is 88.2 cm³/mol. The van der Waals surface area contributed by atoms with Crippen LogP contribution in [0.4, 0.5) is 5.69 Å². The highest BCUT2D eigenvalue weighted by Crippen LogP contribution is 2.32. The van der Waals surface area contributed by atoms with Crippen molar-refractivity contribution in [3.63, 3.8) is 0 Å². The highest BCUT2D eigenvalue weighted by Gasteiger charge is 2.34. The Hall–Kier alpha value is -1.52. The molecule has 1 N–H and O–H groups in total. The number of carbonyl (C=O) groups excluding carboxylic acids is 1. The third-order valence-corrected chi connectivity index (χ3v) is 4.73. The second-order valence-electron chi connectivity index (χ2n) is 5.18. The summed E-state index contributed by atoms with van der Waals surface area (Å²) in [6.07, 6.45) is 2.18. The van der Waals surface area contributed by atoms with Crippen molar-refractivity contribution in [1.82, 2.24) is 4.90 Å². The molecule has 1 aromatic heterocycles. The lowest BCUT2D eigenvalue weighted by Gasteiger charge is -2.23. The molecule has 1 saturated carbocycles. The summed E-state index contributed by atoms with van der Waals surface area (Å²) in [5.41, 5.74) is 1.47. The molecule has 21 heavy (non-hydrogen) atoms. The summed E-state index contributed by atoms with van der Waals surface area (Å²) in [5.74, 6) is 0.0535. The molecule has 0 aliphatic heterocycles. The lowest BCUT2D eigenvalue weighted by atomic mass is 10.1. The van der Waals surface area contributed by atoms with Crippen LogP contribution in [0.5, 0.6) is 0 Å². The summed E-state index contributed by atoms with van der Waals surface area (Å²) < 4.78 is 0. The standard InChI is InChI=1S/C16H17ClN2OS/c1-18-15-7-4-11(17)9-14(15)16(20)19(12-5-6-12)10-13-3-2-8-21-13/h2-4,7-9,12,18H,5-6,10H2,1H3. The first-order valence-corrected chi connectivity index (χ1v) is 8.25. The van der Waals surface area contributed by atoms with Crippen molar-refractivity contribution in [1.29, 1.82) is 0 Å². The summed E-state index contributed by atoms with van der Waals surface area (Å²) in [5, 5.41) is 5.71.